The Morgan fingerprint density at radius 2 is 1.55 bits per heavy atom. The zero-order valence-corrected chi connectivity index (χ0v) is 12.6. The van der Waals surface area contributed by atoms with Gasteiger partial charge in [0.2, 0.25) is 0 Å². The van der Waals surface area contributed by atoms with E-state index >= 15 is 0 Å². The third-order valence-corrected chi connectivity index (χ3v) is 3.63. The average molecular weight is 267 g/mol. The Hall–Kier alpha value is -1.96. The number of hydrogen-bond donors (Lipinski definition) is 0. The summed E-state index contributed by atoms with van der Waals surface area (Å²) in [6.07, 6.45) is 3.45. The lowest BCUT2D eigenvalue weighted by Gasteiger charge is -2.19. The summed E-state index contributed by atoms with van der Waals surface area (Å²) in [7, 11) is 0. The van der Waals surface area contributed by atoms with Crippen LogP contribution in [-0.2, 0) is 5.41 Å². The van der Waals surface area contributed by atoms with Crippen molar-refractivity contribution in [1.29, 1.82) is 0 Å². The first-order valence-electron chi connectivity index (χ1n) is 6.94. The van der Waals surface area contributed by atoms with Crippen molar-refractivity contribution in [2.75, 3.05) is 0 Å². The Morgan fingerprint density at radius 3 is 2.05 bits per heavy atom. The number of pyridine rings is 1. The molecule has 0 bridgehead atoms. The van der Waals surface area contributed by atoms with Crippen molar-refractivity contribution >= 4 is 5.78 Å². The molecule has 0 radical (unpaired) electrons. The molecule has 104 valence electrons. The molecular weight excluding hydrogens is 246 g/mol. The second kappa shape index (κ2) is 5.58. The standard InChI is InChI=1S/C18H21NO/c1-13(14-9-11-19-12-10-14)17(20)15-5-7-16(8-6-15)18(2,3)4/h5-13H,1-4H3. The number of carbonyl (C=O) groups excluding carboxylic acids is 1. The number of ketones is 1. The summed E-state index contributed by atoms with van der Waals surface area (Å²) in [5, 5.41) is 0. The van der Waals surface area contributed by atoms with Gasteiger partial charge in [-0.2, -0.15) is 0 Å². The lowest BCUT2D eigenvalue weighted by atomic mass is 9.85. The van der Waals surface area contributed by atoms with E-state index < -0.39 is 0 Å². The van der Waals surface area contributed by atoms with Crippen molar-refractivity contribution in [3.05, 3.63) is 65.5 Å². The van der Waals surface area contributed by atoms with Crippen LogP contribution in [0.4, 0.5) is 0 Å². The highest BCUT2D eigenvalue weighted by Gasteiger charge is 2.18. The molecule has 0 spiro atoms. The molecule has 20 heavy (non-hydrogen) atoms. The van der Waals surface area contributed by atoms with Gasteiger partial charge in [0.25, 0.3) is 0 Å². The predicted octanol–water partition coefficient (Wildman–Crippen LogP) is 4.37. The molecule has 0 aliphatic heterocycles. The Labute approximate surface area is 120 Å². The molecule has 0 amide bonds. The molecule has 1 aromatic carbocycles. The van der Waals surface area contributed by atoms with Crippen LogP contribution in [0.25, 0.3) is 0 Å². The first-order chi connectivity index (χ1) is 9.39. The molecule has 0 saturated heterocycles. The van der Waals surface area contributed by atoms with Crippen molar-refractivity contribution in [3.8, 4) is 0 Å². The lowest BCUT2D eigenvalue weighted by molar-refractivity contribution is 0.0966. The zero-order chi connectivity index (χ0) is 14.8. The summed E-state index contributed by atoms with van der Waals surface area (Å²) in [5.41, 5.74) is 3.12. The summed E-state index contributed by atoms with van der Waals surface area (Å²) in [6, 6.07) is 11.7. The third-order valence-electron chi connectivity index (χ3n) is 3.63. The van der Waals surface area contributed by atoms with Gasteiger partial charge in [0.15, 0.2) is 5.78 Å². The van der Waals surface area contributed by atoms with Crippen molar-refractivity contribution in [1.82, 2.24) is 4.98 Å². The molecule has 2 rings (SSSR count). The van der Waals surface area contributed by atoms with Gasteiger partial charge in [-0.25, -0.2) is 0 Å². The normalized spacial score (nSPS) is 13.0. The van der Waals surface area contributed by atoms with Crippen LogP contribution in [0, 0.1) is 0 Å². The number of hydrogen-bond acceptors (Lipinski definition) is 2. The minimum absolute atomic E-state index is 0.109. The maximum atomic E-state index is 12.5. The summed E-state index contributed by atoms with van der Waals surface area (Å²) < 4.78 is 0. The van der Waals surface area contributed by atoms with E-state index in [1.165, 1.54) is 5.56 Å². The molecule has 0 N–H and O–H groups in total. The van der Waals surface area contributed by atoms with Gasteiger partial charge in [-0.1, -0.05) is 52.0 Å². The fourth-order valence-corrected chi connectivity index (χ4v) is 2.19. The molecule has 1 atom stereocenters. The molecule has 1 aromatic heterocycles. The molecule has 1 unspecified atom stereocenters. The van der Waals surface area contributed by atoms with Gasteiger partial charge in [0, 0.05) is 23.9 Å². The summed E-state index contributed by atoms with van der Waals surface area (Å²) >= 11 is 0. The first kappa shape index (κ1) is 14.4. The topological polar surface area (TPSA) is 30.0 Å². The molecule has 2 nitrogen and oxygen atoms in total. The maximum Gasteiger partial charge on any atom is 0.170 e. The van der Waals surface area contributed by atoms with E-state index in [1.807, 2.05) is 43.3 Å². The Bertz CT molecular complexity index is 579. The van der Waals surface area contributed by atoms with Crippen LogP contribution in [0.1, 0.15) is 55.1 Å². The second-order valence-electron chi connectivity index (χ2n) is 6.19. The van der Waals surface area contributed by atoms with Crippen molar-refractivity contribution in [2.24, 2.45) is 0 Å². The quantitative estimate of drug-likeness (QED) is 0.773. The number of aromatic nitrogens is 1. The van der Waals surface area contributed by atoms with Crippen molar-refractivity contribution in [3.63, 3.8) is 0 Å². The van der Waals surface area contributed by atoms with E-state index in [-0.39, 0.29) is 17.1 Å². The summed E-state index contributed by atoms with van der Waals surface area (Å²) in [6.45, 7) is 8.45. The van der Waals surface area contributed by atoms with Crippen LogP contribution in [0.2, 0.25) is 0 Å². The number of rotatable bonds is 3. The van der Waals surface area contributed by atoms with Crippen molar-refractivity contribution < 1.29 is 4.79 Å². The average Bonchev–Trinajstić information content (AvgIpc) is 2.46. The minimum atomic E-state index is -0.140. The fraction of sp³-hybridized carbons (Fsp3) is 0.333. The third kappa shape index (κ3) is 3.13. The van der Waals surface area contributed by atoms with E-state index in [4.69, 9.17) is 0 Å². The number of nitrogens with zero attached hydrogens (tertiary/aromatic N) is 1. The van der Waals surface area contributed by atoms with E-state index in [9.17, 15) is 4.79 Å². The highest BCUT2D eigenvalue weighted by atomic mass is 16.1. The zero-order valence-electron chi connectivity index (χ0n) is 12.6. The van der Waals surface area contributed by atoms with Gasteiger partial charge in [-0.15, -0.1) is 0 Å². The number of benzene rings is 1. The Morgan fingerprint density at radius 1 is 1.00 bits per heavy atom. The summed E-state index contributed by atoms with van der Waals surface area (Å²) in [5.74, 6) is 0.00939. The van der Waals surface area contributed by atoms with Crippen LogP contribution < -0.4 is 0 Å². The highest BCUT2D eigenvalue weighted by Crippen LogP contribution is 2.24. The molecule has 2 heteroatoms. The van der Waals surface area contributed by atoms with Crippen LogP contribution in [0.15, 0.2) is 48.8 Å². The number of Topliss-reactive ketones (excluding diaryl/α,β-unsaturated/α-hetero) is 1. The highest BCUT2D eigenvalue weighted by molar-refractivity contribution is 6.00. The number of carbonyl (C=O) groups is 1. The van der Waals surface area contributed by atoms with E-state index in [0.29, 0.717) is 0 Å². The Balaban J connectivity index is 2.22. The monoisotopic (exact) mass is 267 g/mol. The smallest absolute Gasteiger partial charge is 0.170 e. The van der Waals surface area contributed by atoms with E-state index in [0.717, 1.165) is 11.1 Å². The Kier molecular flexibility index (Phi) is 4.03. The van der Waals surface area contributed by atoms with Gasteiger partial charge < -0.3 is 0 Å². The molecule has 0 aliphatic rings. The molecule has 0 aliphatic carbocycles. The molecular formula is C18H21NO. The van der Waals surface area contributed by atoms with Gasteiger partial charge >= 0.3 is 0 Å². The van der Waals surface area contributed by atoms with Gasteiger partial charge in [-0.3, -0.25) is 9.78 Å². The molecule has 2 aromatic rings. The van der Waals surface area contributed by atoms with E-state index in [2.05, 4.69) is 25.8 Å². The van der Waals surface area contributed by atoms with Crippen LogP contribution in [0.5, 0.6) is 0 Å². The lowest BCUT2D eigenvalue weighted by Crippen LogP contribution is -2.13. The molecule has 1 heterocycles. The predicted molar refractivity (Wildman–Crippen MR) is 82.1 cm³/mol. The van der Waals surface area contributed by atoms with Gasteiger partial charge in [-0.05, 0) is 28.7 Å². The first-order valence-corrected chi connectivity index (χ1v) is 6.94. The van der Waals surface area contributed by atoms with Gasteiger partial charge in [0.05, 0.1) is 0 Å². The van der Waals surface area contributed by atoms with E-state index in [1.54, 1.807) is 12.4 Å². The van der Waals surface area contributed by atoms with Crippen LogP contribution in [-0.4, -0.2) is 10.8 Å². The second-order valence-corrected chi connectivity index (χ2v) is 6.19. The summed E-state index contributed by atoms with van der Waals surface area (Å²) in [4.78, 5) is 16.5. The molecule has 0 saturated carbocycles. The fourth-order valence-electron chi connectivity index (χ4n) is 2.19. The van der Waals surface area contributed by atoms with Crippen LogP contribution in [0.3, 0.4) is 0 Å². The van der Waals surface area contributed by atoms with Crippen LogP contribution >= 0.6 is 0 Å². The SMILES string of the molecule is CC(C(=O)c1ccc(C(C)(C)C)cc1)c1ccncc1. The van der Waals surface area contributed by atoms with Crippen molar-refractivity contribution in [2.45, 2.75) is 39.0 Å². The maximum absolute atomic E-state index is 12.5. The largest absolute Gasteiger partial charge is 0.294 e. The molecule has 0 fully saturated rings. The minimum Gasteiger partial charge on any atom is -0.294 e. The van der Waals surface area contributed by atoms with Gasteiger partial charge in [0.1, 0.15) is 0 Å².